The standard InChI is InChI=1S/C13H8F4N2O/c14-8-2-1-3-9(6-8)19-12(20)10-7-18-5-4-11(10)13(15,16)17/h1-7H,(H,19,20). The molecule has 0 radical (unpaired) electrons. The molecule has 20 heavy (non-hydrogen) atoms. The van der Waals surface area contributed by atoms with Crippen molar-refractivity contribution < 1.29 is 22.4 Å². The van der Waals surface area contributed by atoms with Gasteiger partial charge >= 0.3 is 6.18 Å². The molecule has 0 spiro atoms. The Bertz CT molecular complexity index is 640. The Morgan fingerprint density at radius 3 is 2.60 bits per heavy atom. The average molecular weight is 284 g/mol. The lowest BCUT2D eigenvalue weighted by molar-refractivity contribution is -0.137. The fraction of sp³-hybridized carbons (Fsp3) is 0.0769. The van der Waals surface area contributed by atoms with Crippen LogP contribution in [0.5, 0.6) is 0 Å². The van der Waals surface area contributed by atoms with Crippen LogP contribution in [-0.4, -0.2) is 10.9 Å². The minimum absolute atomic E-state index is 0.0620. The summed E-state index contributed by atoms with van der Waals surface area (Å²) in [6.45, 7) is 0. The molecule has 0 atom stereocenters. The van der Waals surface area contributed by atoms with Crippen LogP contribution < -0.4 is 5.32 Å². The minimum Gasteiger partial charge on any atom is -0.322 e. The van der Waals surface area contributed by atoms with E-state index in [-0.39, 0.29) is 5.69 Å². The molecular weight excluding hydrogens is 276 g/mol. The van der Waals surface area contributed by atoms with E-state index in [9.17, 15) is 22.4 Å². The van der Waals surface area contributed by atoms with Crippen molar-refractivity contribution in [3.8, 4) is 0 Å². The molecule has 104 valence electrons. The smallest absolute Gasteiger partial charge is 0.322 e. The maximum atomic E-state index is 12.9. The predicted molar refractivity (Wildman–Crippen MR) is 63.6 cm³/mol. The van der Waals surface area contributed by atoms with Crippen LogP contribution in [0.4, 0.5) is 23.2 Å². The van der Waals surface area contributed by atoms with Gasteiger partial charge in [0.1, 0.15) is 5.82 Å². The maximum absolute atomic E-state index is 12.9. The van der Waals surface area contributed by atoms with Gasteiger partial charge in [0.2, 0.25) is 0 Å². The van der Waals surface area contributed by atoms with Crippen LogP contribution in [0, 0.1) is 5.82 Å². The summed E-state index contributed by atoms with van der Waals surface area (Å²) >= 11 is 0. The number of alkyl halides is 3. The van der Waals surface area contributed by atoms with Crippen LogP contribution >= 0.6 is 0 Å². The number of nitrogens with one attached hydrogen (secondary N) is 1. The van der Waals surface area contributed by atoms with E-state index in [0.29, 0.717) is 6.07 Å². The van der Waals surface area contributed by atoms with E-state index in [2.05, 4.69) is 10.3 Å². The SMILES string of the molecule is O=C(Nc1cccc(F)c1)c1cnccc1C(F)(F)F. The Kier molecular flexibility index (Phi) is 3.69. The van der Waals surface area contributed by atoms with E-state index in [1.807, 2.05) is 0 Å². The Hall–Kier alpha value is -2.44. The molecule has 0 saturated carbocycles. The highest BCUT2D eigenvalue weighted by Gasteiger charge is 2.35. The molecule has 0 saturated heterocycles. The summed E-state index contributed by atoms with van der Waals surface area (Å²) in [5, 5.41) is 2.19. The third kappa shape index (κ3) is 3.11. The molecular formula is C13H8F4N2O. The normalized spacial score (nSPS) is 11.2. The van der Waals surface area contributed by atoms with Gasteiger partial charge in [-0.05, 0) is 24.3 Å². The van der Waals surface area contributed by atoms with E-state index in [4.69, 9.17) is 0 Å². The van der Waals surface area contributed by atoms with Gasteiger partial charge in [0.25, 0.3) is 5.91 Å². The van der Waals surface area contributed by atoms with E-state index in [1.165, 1.54) is 12.1 Å². The van der Waals surface area contributed by atoms with Crippen molar-refractivity contribution in [2.45, 2.75) is 6.18 Å². The third-order valence-corrected chi connectivity index (χ3v) is 2.45. The van der Waals surface area contributed by atoms with Crippen LogP contribution in [0.2, 0.25) is 0 Å². The quantitative estimate of drug-likeness (QED) is 0.858. The number of carbonyl (C=O) groups is 1. The monoisotopic (exact) mass is 284 g/mol. The van der Waals surface area contributed by atoms with Crippen LogP contribution in [0.3, 0.4) is 0 Å². The summed E-state index contributed by atoms with van der Waals surface area (Å²) in [4.78, 5) is 15.3. The number of benzene rings is 1. The number of pyridine rings is 1. The number of amides is 1. The van der Waals surface area contributed by atoms with E-state index in [1.54, 1.807) is 0 Å². The third-order valence-electron chi connectivity index (χ3n) is 2.45. The molecule has 7 heteroatoms. The van der Waals surface area contributed by atoms with Crippen molar-refractivity contribution in [1.29, 1.82) is 0 Å². The first-order valence-corrected chi connectivity index (χ1v) is 5.46. The zero-order valence-corrected chi connectivity index (χ0v) is 9.91. The van der Waals surface area contributed by atoms with Gasteiger partial charge in [-0.15, -0.1) is 0 Å². The molecule has 0 aliphatic carbocycles. The van der Waals surface area contributed by atoms with Crippen molar-refractivity contribution in [3.05, 3.63) is 59.7 Å². The van der Waals surface area contributed by atoms with Crippen molar-refractivity contribution in [1.82, 2.24) is 4.98 Å². The number of nitrogens with zero attached hydrogens (tertiary/aromatic N) is 1. The highest BCUT2D eigenvalue weighted by molar-refractivity contribution is 6.05. The highest BCUT2D eigenvalue weighted by Crippen LogP contribution is 2.31. The van der Waals surface area contributed by atoms with Gasteiger partial charge in [-0.3, -0.25) is 9.78 Å². The summed E-state index contributed by atoms with van der Waals surface area (Å²) in [5.41, 5.74) is -1.65. The molecule has 1 aromatic heterocycles. The maximum Gasteiger partial charge on any atom is 0.417 e. The van der Waals surface area contributed by atoms with Gasteiger partial charge in [-0.2, -0.15) is 13.2 Å². The Labute approximate surface area is 111 Å². The number of carbonyl (C=O) groups excluding carboxylic acids is 1. The molecule has 2 rings (SSSR count). The lowest BCUT2D eigenvalue weighted by atomic mass is 10.1. The topological polar surface area (TPSA) is 42.0 Å². The Morgan fingerprint density at radius 2 is 1.95 bits per heavy atom. The number of rotatable bonds is 2. The molecule has 0 fully saturated rings. The van der Waals surface area contributed by atoms with Crippen LogP contribution in [0.15, 0.2) is 42.7 Å². The number of hydrogen-bond acceptors (Lipinski definition) is 2. The second kappa shape index (κ2) is 5.28. The van der Waals surface area contributed by atoms with Crippen molar-refractivity contribution in [2.75, 3.05) is 5.32 Å². The van der Waals surface area contributed by atoms with Crippen LogP contribution in [0.25, 0.3) is 0 Å². The average Bonchev–Trinajstić information content (AvgIpc) is 2.37. The van der Waals surface area contributed by atoms with Crippen molar-refractivity contribution in [3.63, 3.8) is 0 Å². The second-order valence-electron chi connectivity index (χ2n) is 3.88. The molecule has 1 amide bonds. The number of halogens is 4. The molecule has 0 aliphatic heterocycles. The molecule has 1 heterocycles. The van der Waals surface area contributed by atoms with Gasteiger partial charge in [0, 0.05) is 18.1 Å². The zero-order valence-electron chi connectivity index (χ0n) is 9.91. The highest BCUT2D eigenvalue weighted by atomic mass is 19.4. The van der Waals surface area contributed by atoms with Gasteiger partial charge in [0.05, 0.1) is 11.1 Å². The lowest BCUT2D eigenvalue weighted by Crippen LogP contribution is -2.19. The van der Waals surface area contributed by atoms with Gasteiger partial charge < -0.3 is 5.32 Å². The number of hydrogen-bond donors (Lipinski definition) is 1. The summed E-state index contributed by atoms with van der Waals surface area (Å²) in [7, 11) is 0. The fourth-order valence-electron chi connectivity index (χ4n) is 1.59. The fourth-order valence-corrected chi connectivity index (χ4v) is 1.59. The minimum atomic E-state index is -4.67. The molecule has 1 N–H and O–H groups in total. The first-order chi connectivity index (χ1) is 9.38. The summed E-state index contributed by atoms with van der Waals surface area (Å²) in [6.07, 6.45) is -2.91. The van der Waals surface area contributed by atoms with Gasteiger partial charge in [-0.25, -0.2) is 4.39 Å². The summed E-state index contributed by atoms with van der Waals surface area (Å²) in [6, 6.07) is 5.56. The van der Waals surface area contributed by atoms with Crippen LogP contribution in [0.1, 0.15) is 15.9 Å². The van der Waals surface area contributed by atoms with Crippen LogP contribution in [-0.2, 0) is 6.18 Å². The van der Waals surface area contributed by atoms with E-state index >= 15 is 0 Å². The molecule has 0 bridgehead atoms. The zero-order chi connectivity index (χ0) is 14.8. The summed E-state index contributed by atoms with van der Waals surface area (Å²) < 4.78 is 51.2. The number of anilines is 1. The summed E-state index contributed by atoms with van der Waals surface area (Å²) in [5.74, 6) is -1.61. The predicted octanol–water partition coefficient (Wildman–Crippen LogP) is 3.49. The molecule has 0 unspecified atom stereocenters. The molecule has 1 aromatic carbocycles. The molecule has 3 nitrogen and oxygen atoms in total. The number of aromatic nitrogens is 1. The van der Waals surface area contributed by atoms with Crippen molar-refractivity contribution in [2.24, 2.45) is 0 Å². The van der Waals surface area contributed by atoms with Gasteiger partial charge in [-0.1, -0.05) is 6.07 Å². The first-order valence-electron chi connectivity index (χ1n) is 5.46. The van der Waals surface area contributed by atoms with Crippen molar-refractivity contribution >= 4 is 11.6 Å². The lowest BCUT2D eigenvalue weighted by Gasteiger charge is -2.12. The first kappa shape index (κ1) is 14.0. The van der Waals surface area contributed by atoms with E-state index in [0.717, 1.165) is 24.5 Å². The Morgan fingerprint density at radius 1 is 1.20 bits per heavy atom. The largest absolute Gasteiger partial charge is 0.417 e. The molecule has 2 aromatic rings. The second-order valence-corrected chi connectivity index (χ2v) is 3.88. The van der Waals surface area contributed by atoms with E-state index < -0.39 is 29.0 Å². The molecule has 0 aliphatic rings. The Balaban J connectivity index is 2.31. The van der Waals surface area contributed by atoms with Gasteiger partial charge in [0.15, 0.2) is 0 Å².